The van der Waals surface area contributed by atoms with Gasteiger partial charge in [0.15, 0.2) is 0 Å². The molecule has 19 heavy (non-hydrogen) atoms. The standard InChI is InChI=1S/C11H10BrF2NO3S/c1-11(2-3-11)19(17,18)15-10(16)9-7(13)4-6(12)5-8(9)14/h4-5H,2-3H2,1H3,(H,15,16). The smallest absolute Gasteiger partial charge is 0.268 e. The van der Waals surface area contributed by atoms with Crippen molar-refractivity contribution in [2.75, 3.05) is 0 Å². The number of rotatable bonds is 3. The highest BCUT2D eigenvalue weighted by Gasteiger charge is 2.51. The van der Waals surface area contributed by atoms with Crippen LogP contribution in [0, 0.1) is 11.6 Å². The van der Waals surface area contributed by atoms with Gasteiger partial charge in [-0.05, 0) is 31.9 Å². The fraction of sp³-hybridized carbons (Fsp3) is 0.364. The van der Waals surface area contributed by atoms with Crippen molar-refractivity contribution < 1.29 is 22.0 Å². The van der Waals surface area contributed by atoms with Gasteiger partial charge in [0.25, 0.3) is 5.91 Å². The second kappa shape index (κ2) is 4.52. The molecular weight excluding hydrogens is 344 g/mol. The van der Waals surface area contributed by atoms with E-state index in [1.165, 1.54) is 6.92 Å². The molecule has 1 aliphatic rings. The van der Waals surface area contributed by atoms with E-state index in [0.717, 1.165) is 12.1 Å². The molecule has 4 nitrogen and oxygen atoms in total. The third-order valence-electron chi connectivity index (χ3n) is 3.06. The summed E-state index contributed by atoms with van der Waals surface area (Å²) in [7, 11) is -3.92. The minimum absolute atomic E-state index is 0.121. The fourth-order valence-corrected chi connectivity index (χ4v) is 3.13. The molecule has 2 rings (SSSR count). The molecule has 1 fully saturated rings. The lowest BCUT2D eigenvalue weighted by Crippen LogP contribution is -2.39. The van der Waals surface area contributed by atoms with Crippen LogP contribution in [0.2, 0.25) is 0 Å². The van der Waals surface area contributed by atoms with Crippen LogP contribution in [-0.2, 0) is 10.0 Å². The molecule has 0 spiro atoms. The summed E-state index contributed by atoms with van der Waals surface area (Å²) in [4.78, 5) is 11.7. The van der Waals surface area contributed by atoms with E-state index < -0.39 is 37.9 Å². The summed E-state index contributed by atoms with van der Waals surface area (Å²) in [6.07, 6.45) is 0.835. The van der Waals surface area contributed by atoms with E-state index in [4.69, 9.17) is 0 Å². The lowest BCUT2D eigenvalue weighted by Gasteiger charge is -2.12. The molecule has 8 heteroatoms. The van der Waals surface area contributed by atoms with E-state index in [2.05, 4.69) is 15.9 Å². The Morgan fingerprint density at radius 3 is 2.21 bits per heavy atom. The van der Waals surface area contributed by atoms with Crippen LogP contribution in [0.1, 0.15) is 30.1 Å². The van der Waals surface area contributed by atoms with Gasteiger partial charge in [-0.1, -0.05) is 15.9 Å². The second-order valence-corrected chi connectivity index (χ2v) is 7.74. The number of hydrogen-bond acceptors (Lipinski definition) is 3. The van der Waals surface area contributed by atoms with E-state index in [9.17, 15) is 22.0 Å². The number of benzene rings is 1. The van der Waals surface area contributed by atoms with Gasteiger partial charge in [0.1, 0.15) is 17.2 Å². The Bertz CT molecular complexity index is 633. The summed E-state index contributed by atoms with van der Waals surface area (Å²) in [5, 5.41) is 0. The van der Waals surface area contributed by atoms with Crippen molar-refractivity contribution in [3.63, 3.8) is 0 Å². The maximum absolute atomic E-state index is 13.5. The van der Waals surface area contributed by atoms with Crippen molar-refractivity contribution in [3.8, 4) is 0 Å². The minimum atomic E-state index is -3.92. The molecule has 0 bridgehead atoms. The molecule has 0 atom stereocenters. The summed E-state index contributed by atoms with van der Waals surface area (Å²) >= 11 is 2.87. The van der Waals surface area contributed by atoms with Gasteiger partial charge in [0, 0.05) is 4.47 Å². The molecule has 104 valence electrons. The molecule has 0 heterocycles. The van der Waals surface area contributed by atoms with Crippen molar-refractivity contribution in [3.05, 3.63) is 33.8 Å². The van der Waals surface area contributed by atoms with Crippen LogP contribution in [-0.4, -0.2) is 19.1 Å². The molecule has 0 aromatic heterocycles. The Morgan fingerprint density at radius 2 is 1.79 bits per heavy atom. The molecule has 1 amide bonds. The zero-order valence-corrected chi connectivity index (χ0v) is 12.2. The van der Waals surface area contributed by atoms with Crippen LogP contribution in [0.15, 0.2) is 16.6 Å². The molecular formula is C11H10BrF2NO3S. The zero-order chi connectivity index (χ0) is 14.4. The summed E-state index contributed by atoms with van der Waals surface area (Å²) in [6.45, 7) is 1.47. The first kappa shape index (κ1) is 14.4. The maximum Gasteiger partial charge on any atom is 0.270 e. The lowest BCUT2D eigenvalue weighted by molar-refractivity contribution is 0.0972. The van der Waals surface area contributed by atoms with Gasteiger partial charge >= 0.3 is 0 Å². The average Bonchev–Trinajstić information content (AvgIpc) is 2.95. The van der Waals surface area contributed by atoms with Gasteiger partial charge < -0.3 is 0 Å². The Morgan fingerprint density at radius 1 is 1.32 bits per heavy atom. The molecule has 1 saturated carbocycles. The number of carbonyl (C=O) groups is 1. The normalized spacial score (nSPS) is 17.1. The van der Waals surface area contributed by atoms with E-state index in [1.807, 2.05) is 0 Å². The molecule has 0 radical (unpaired) electrons. The Balaban J connectivity index is 2.32. The van der Waals surface area contributed by atoms with Gasteiger partial charge in [-0.15, -0.1) is 0 Å². The number of sulfonamides is 1. The largest absolute Gasteiger partial charge is 0.270 e. The SMILES string of the molecule is CC1(S(=O)(=O)NC(=O)c2c(F)cc(Br)cc2F)CC1. The molecule has 1 aromatic carbocycles. The van der Waals surface area contributed by atoms with Gasteiger partial charge in [0.2, 0.25) is 10.0 Å². The van der Waals surface area contributed by atoms with Gasteiger partial charge in [-0.2, -0.15) is 0 Å². The first-order valence-corrected chi connectivity index (χ1v) is 7.65. The van der Waals surface area contributed by atoms with E-state index in [0.29, 0.717) is 12.8 Å². The first-order valence-electron chi connectivity index (χ1n) is 5.37. The van der Waals surface area contributed by atoms with Crippen LogP contribution in [0.3, 0.4) is 0 Å². The molecule has 1 aromatic rings. The number of nitrogens with one attached hydrogen (secondary N) is 1. The molecule has 0 aliphatic heterocycles. The summed E-state index contributed by atoms with van der Waals surface area (Å²) in [6, 6.07) is 1.78. The number of carbonyl (C=O) groups excluding carboxylic acids is 1. The quantitative estimate of drug-likeness (QED) is 0.906. The van der Waals surface area contributed by atoms with Crippen molar-refractivity contribution in [1.82, 2.24) is 4.72 Å². The van der Waals surface area contributed by atoms with Gasteiger partial charge in [-0.25, -0.2) is 21.9 Å². The molecule has 0 unspecified atom stereocenters. The number of halogens is 3. The highest BCUT2D eigenvalue weighted by Crippen LogP contribution is 2.42. The Hall–Kier alpha value is -1.02. The third kappa shape index (κ3) is 2.64. The Labute approximate surface area is 117 Å². The van der Waals surface area contributed by atoms with Crippen LogP contribution < -0.4 is 4.72 Å². The monoisotopic (exact) mass is 353 g/mol. The van der Waals surface area contributed by atoms with Crippen LogP contribution in [0.4, 0.5) is 8.78 Å². The topological polar surface area (TPSA) is 63.2 Å². The Kier molecular flexibility index (Phi) is 3.42. The van der Waals surface area contributed by atoms with Crippen molar-refractivity contribution in [2.24, 2.45) is 0 Å². The molecule has 0 saturated heterocycles. The summed E-state index contributed by atoms with van der Waals surface area (Å²) < 4.78 is 51.5. The fourth-order valence-electron chi connectivity index (χ4n) is 1.50. The van der Waals surface area contributed by atoms with E-state index in [1.54, 1.807) is 4.72 Å². The number of amides is 1. The van der Waals surface area contributed by atoms with Gasteiger partial charge in [0.05, 0.1) is 4.75 Å². The van der Waals surface area contributed by atoms with Crippen LogP contribution >= 0.6 is 15.9 Å². The highest BCUT2D eigenvalue weighted by molar-refractivity contribution is 9.10. The first-order chi connectivity index (χ1) is 8.66. The van der Waals surface area contributed by atoms with Crippen LogP contribution in [0.25, 0.3) is 0 Å². The molecule has 1 aliphatic carbocycles. The van der Waals surface area contributed by atoms with E-state index >= 15 is 0 Å². The van der Waals surface area contributed by atoms with Gasteiger partial charge in [-0.3, -0.25) is 4.79 Å². The third-order valence-corrected chi connectivity index (χ3v) is 5.68. The zero-order valence-electron chi connectivity index (χ0n) is 9.84. The van der Waals surface area contributed by atoms with Crippen LogP contribution in [0.5, 0.6) is 0 Å². The maximum atomic E-state index is 13.5. The van der Waals surface area contributed by atoms with Crippen molar-refractivity contribution >= 4 is 31.9 Å². The number of hydrogen-bond donors (Lipinski definition) is 1. The predicted molar refractivity (Wildman–Crippen MR) is 68.1 cm³/mol. The molecule has 1 N–H and O–H groups in total. The highest BCUT2D eigenvalue weighted by atomic mass is 79.9. The van der Waals surface area contributed by atoms with Crippen molar-refractivity contribution in [2.45, 2.75) is 24.5 Å². The predicted octanol–water partition coefficient (Wildman–Crippen LogP) is 2.34. The summed E-state index contributed by atoms with van der Waals surface area (Å²) in [5.41, 5.74) is -0.906. The lowest BCUT2D eigenvalue weighted by atomic mass is 10.2. The average molecular weight is 354 g/mol. The second-order valence-electron chi connectivity index (χ2n) is 4.63. The summed E-state index contributed by atoms with van der Waals surface area (Å²) in [5.74, 6) is -3.54. The van der Waals surface area contributed by atoms with Crippen molar-refractivity contribution in [1.29, 1.82) is 0 Å². The minimum Gasteiger partial charge on any atom is -0.268 e. The van der Waals surface area contributed by atoms with E-state index in [-0.39, 0.29) is 4.47 Å².